The van der Waals surface area contributed by atoms with E-state index in [4.69, 9.17) is 10.6 Å². The van der Waals surface area contributed by atoms with E-state index in [-0.39, 0.29) is 18.4 Å². The van der Waals surface area contributed by atoms with Gasteiger partial charge in [0.05, 0.1) is 11.5 Å². The second-order valence-electron chi connectivity index (χ2n) is 3.62. The minimum absolute atomic E-state index is 0.0541. The molecular weight excluding hydrogens is 242 g/mol. The van der Waals surface area contributed by atoms with Gasteiger partial charge in [-0.25, -0.2) is 5.84 Å². The van der Waals surface area contributed by atoms with Crippen molar-refractivity contribution < 1.29 is 14.3 Å². The normalized spacial score (nSPS) is 16.1. The summed E-state index contributed by atoms with van der Waals surface area (Å²) < 4.78 is 5.04. The Bertz CT molecular complexity index is 432. The lowest BCUT2D eigenvalue weighted by Gasteiger charge is -2.26. The van der Waals surface area contributed by atoms with Crippen molar-refractivity contribution in [1.29, 1.82) is 0 Å². The molecule has 1 aliphatic heterocycles. The zero-order chi connectivity index (χ0) is 12.3. The molecule has 1 aliphatic rings. The number of amides is 2. The van der Waals surface area contributed by atoms with Crippen molar-refractivity contribution in [3.8, 4) is 0 Å². The monoisotopic (exact) mass is 255 g/mol. The summed E-state index contributed by atoms with van der Waals surface area (Å²) in [5, 5.41) is 1.81. The van der Waals surface area contributed by atoms with E-state index < -0.39 is 0 Å². The van der Waals surface area contributed by atoms with Crippen LogP contribution in [0, 0.1) is 0 Å². The average Bonchev–Trinajstić information content (AvgIpc) is 2.79. The molecule has 2 heterocycles. The van der Waals surface area contributed by atoms with Crippen LogP contribution in [0.2, 0.25) is 0 Å². The molecule has 7 heteroatoms. The fourth-order valence-electron chi connectivity index (χ4n) is 1.65. The van der Waals surface area contributed by atoms with Gasteiger partial charge >= 0.3 is 0 Å². The Balaban J connectivity index is 2.10. The molecule has 17 heavy (non-hydrogen) atoms. The number of nitrogens with one attached hydrogen (secondary N) is 1. The van der Waals surface area contributed by atoms with Gasteiger partial charge in [0, 0.05) is 13.1 Å². The molecule has 3 N–H and O–H groups in total. The highest BCUT2D eigenvalue weighted by Gasteiger charge is 2.21. The number of hydrogen-bond donors (Lipinski definition) is 2. The Morgan fingerprint density at radius 1 is 1.65 bits per heavy atom. The minimum Gasteiger partial charge on any atom is -0.370 e. The predicted molar refractivity (Wildman–Crippen MR) is 62.2 cm³/mol. The number of nitrogens with zero attached hydrogens (tertiary/aromatic N) is 1. The Morgan fingerprint density at radius 2 is 2.47 bits per heavy atom. The van der Waals surface area contributed by atoms with E-state index in [1.165, 1.54) is 11.3 Å². The van der Waals surface area contributed by atoms with Gasteiger partial charge in [-0.05, 0) is 17.0 Å². The smallest absolute Gasteiger partial charge is 0.275 e. The summed E-state index contributed by atoms with van der Waals surface area (Å²) in [5.74, 6) is 4.72. The van der Waals surface area contributed by atoms with Gasteiger partial charge in [-0.15, -0.1) is 11.3 Å². The third-order valence-electron chi connectivity index (χ3n) is 2.53. The molecule has 1 aromatic heterocycles. The number of hydrogen-bond acceptors (Lipinski definition) is 5. The Hall–Kier alpha value is -1.44. The molecule has 0 aliphatic carbocycles. The summed E-state index contributed by atoms with van der Waals surface area (Å²) in [6, 6.07) is 1.83. The summed E-state index contributed by atoms with van der Waals surface area (Å²) in [4.78, 5) is 25.2. The second-order valence-corrected chi connectivity index (χ2v) is 4.53. The third kappa shape index (κ3) is 2.63. The van der Waals surface area contributed by atoms with Gasteiger partial charge in [-0.3, -0.25) is 15.0 Å². The summed E-state index contributed by atoms with van der Waals surface area (Å²) in [6.07, 6.45) is 0. The van der Waals surface area contributed by atoms with Crippen LogP contribution in [0.4, 0.5) is 0 Å². The molecule has 0 atom stereocenters. The number of nitrogen functional groups attached to an aromatic ring is 1. The molecule has 0 aromatic carbocycles. The van der Waals surface area contributed by atoms with E-state index in [0.717, 1.165) is 5.56 Å². The Labute approximate surface area is 102 Å². The van der Waals surface area contributed by atoms with Gasteiger partial charge in [0.1, 0.15) is 6.61 Å². The summed E-state index contributed by atoms with van der Waals surface area (Å²) in [6.45, 7) is 1.63. The molecule has 0 bridgehead atoms. The number of morpholine rings is 1. The SMILES string of the molecule is NNC(=O)c1sccc1CN1CCOCC1=O. The molecule has 1 aromatic rings. The Morgan fingerprint density at radius 3 is 3.18 bits per heavy atom. The van der Waals surface area contributed by atoms with E-state index in [9.17, 15) is 9.59 Å². The van der Waals surface area contributed by atoms with Crippen LogP contribution in [-0.4, -0.2) is 36.5 Å². The van der Waals surface area contributed by atoms with Crippen molar-refractivity contribution in [3.05, 3.63) is 21.9 Å². The van der Waals surface area contributed by atoms with E-state index in [2.05, 4.69) is 5.43 Å². The molecule has 6 nitrogen and oxygen atoms in total. The van der Waals surface area contributed by atoms with E-state index in [1.807, 2.05) is 11.4 Å². The summed E-state index contributed by atoms with van der Waals surface area (Å²) in [7, 11) is 0. The maximum Gasteiger partial charge on any atom is 0.275 e. The van der Waals surface area contributed by atoms with E-state index in [1.54, 1.807) is 4.90 Å². The van der Waals surface area contributed by atoms with Crippen molar-refractivity contribution >= 4 is 23.2 Å². The van der Waals surface area contributed by atoms with Gasteiger partial charge < -0.3 is 9.64 Å². The Kier molecular flexibility index (Phi) is 3.72. The predicted octanol–water partition coefficient (Wildman–Crippen LogP) is -0.290. The fourth-order valence-corrected chi connectivity index (χ4v) is 2.47. The minimum atomic E-state index is -0.323. The number of ether oxygens (including phenoxy) is 1. The third-order valence-corrected chi connectivity index (χ3v) is 3.48. The second kappa shape index (κ2) is 5.26. The summed E-state index contributed by atoms with van der Waals surface area (Å²) >= 11 is 1.31. The fraction of sp³-hybridized carbons (Fsp3) is 0.400. The zero-order valence-electron chi connectivity index (χ0n) is 9.14. The van der Waals surface area contributed by atoms with Crippen molar-refractivity contribution in [2.45, 2.75) is 6.54 Å². The van der Waals surface area contributed by atoms with Crippen LogP contribution in [0.15, 0.2) is 11.4 Å². The maximum atomic E-state index is 11.6. The maximum absolute atomic E-state index is 11.6. The lowest BCUT2D eigenvalue weighted by Crippen LogP contribution is -2.41. The topological polar surface area (TPSA) is 84.7 Å². The molecular formula is C10H13N3O3S. The van der Waals surface area contributed by atoms with Crippen molar-refractivity contribution in [1.82, 2.24) is 10.3 Å². The van der Waals surface area contributed by atoms with Gasteiger partial charge in [-0.2, -0.15) is 0 Å². The molecule has 0 saturated carbocycles. The van der Waals surface area contributed by atoms with E-state index >= 15 is 0 Å². The van der Waals surface area contributed by atoms with Gasteiger partial charge in [0.25, 0.3) is 5.91 Å². The first-order valence-electron chi connectivity index (χ1n) is 5.15. The highest BCUT2D eigenvalue weighted by atomic mass is 32.1. The number of thiophene rings is 1. The molecule has 92 valence electrons. The van der Waals surface area contributed by atoms with Crippen LogP contribution in [0.25, 0.3) is 0 Å². The van der Waals surface area contributed by atoms with Crippen molar-refractivity contribution in [2.24, 2.45) is 5.84 Å². The van der Waals surface area contributed by atoms with E-state index in [0.29, 0.717) is 24.6 Å². The lowest BCUT2D eigenvalue weighted by atomic mass is 10.2. The number of carbonyl (C=O) groups excluding carboxylic acids is 2. The molecule has 1 fully saturated rings. The first-order valence-corrected chi connectivity index (χ1v) is 6.03. The summed E-state index contributed by atoms with van der Waals surface area (Å²) in [5.41, 5.74) is 2.91. The highest BCUT2D eigenvalue weighted by Crippen LogP contribution is 2.19. The van der Waals surface area contributed by atoms with Crippen LogP contribution < -0.4 is 11.3 Å². The lowest BCUT2D eigenvalue weighted by molar-refractivity contribution is -0.143. The van der Waals surface area contributed by atoms with Crippen LogP contribution in [0.3, 0.4) is 0 Å². The molecule has 1 saturated heterocycles. The molecule has 0 spiro atoms. The first-order chi connectivity index (χ1) is 8.22. The van der Waals surface area contributed by atoms with Crippen LogP contribution in [0.1, 0.15) is 15.2 Å². The largest absolute Gasteiger partial charge is 0.370 e. The molecule has 0 unspecified atom stereocenters. The van der Waals surface area contributed by atoms with Crippen LogP contribution >= 0.6 is 11.3 Å². The number of carbonyl (C=O) groups is 2. The van der Waals surface area contributed by atoms with Crippen LogP contribution in [-0.2, 0) is 16.1 Å². The molecule has 0 radical (unpaired) electrons. The number of nitrogens with two attached hydrogens (primary N) is 1. The number of hydrazine groups is 1. The standard InChI is InChI=1S/C10H13N3O3S/c11-12-10(15)9-7(1-4-17-9)5-13-2-3-16-6-8(13)14/h1,4H,2-3,5-6,11H2,(H,12,15). The number of rotatable bonds is 3. The average molecular weight is 255 g/mol. The van der Waals surface area contributed by atoms with Gasteiger partial charge in [0.2, 0.25) is 5.91 Å². The van der Waals surface area contributed by atoms with Gasteiger partial charge in [-0.1, -0.05) is 0 Å². The molecule has 2 amide bonds. The highest BCUT2D eigenvalue weighted by molar-refractivity contribution is 7.12. The van der Waals surface area contributed by atoms with Gasteiger partial charge in [0.15, 0.2) is 0 Å². The quantitative estimate of drug-likeness (QED) is 0.441. The zero-order valence-corrected chi connectivity index (χ0v) is 9.96. The first kappa shape index (κ1) is 12.0. The molecule has 2 rings (SSSR count). The van der Waals surface area contributed by atoms with Crippen molar-refractivity contribution in [2.75, 3.05) is 19.8 Å². The van der Waals surface area contributed by atoms with Crippen LogP contribution in [0.5, 0.6) is 0 Å². The van der Waals surface area contributed by atoms with Crippen molar-refractivity contribution in [3.63, 3.8) is 0 Å².